The van der Waals surface area contributed by atoms with E-state index in [1.54, 1.807) is 12.1 Å². The summed E-state index contributed by atoms with van der Waals surface area (Å²) < 4.78 is 0. The average molecular weight is 370 g/mol. The average Bonchev–Trinajstić information content (AvgIpc) is 2.63. The molecule has 0 aliphatic rings. The third-order valence-electron chi connectivity index (χ3n) is 3.80. The number of carbonyl (C=O) groups is 3. The van der Waals surface area contributed by atoms with Crippen molar-refractivity contribution in [2.45, 2.75) is 25.7 Å². The number of pyridine rings is 1. The maximum absolute atomic E-state index is 12.0. The SMILES string of the molecule is NCCC(=O)Nc1ccc(CCCC(=O)Nc2cnccc2C(=O)O)cc1. The lowest BCUT2D eigenvalue weighted by Crippen LogP contribution is -2.16. The van der Waals surface area contributed by atoms with Crippen LogP contribution in [0.25, 0.3) is 0 Å². The summed E-state index contributed by atoms with van der Waals surface area (Å²) in [6, 6.07) is 8.72. The number of aryl methyl sites for hydroxylation is 1. The Morgan fingerprint density at radius 1 is 1.00 bits per heavy atom. The van der Waals surface area contributed by atoms with E-state index in [0.29, 0.717) is 25.1 Å². The first kappa shape index (κ1) is 20.1. The number of carbonyl (C=O) groups excluding carboxylic acids is 2. The summed E-state index contributed by atoms with van der Waals surface area (Å²) in [4.78, 5) is 38.5. The highest BCUT2D eigenvalue weighted by Gasteiger charge is 2.12. The Bertz CT molecular complexity index is 806. The van der Waals surface area contributed by atoms with E-state index in [1.807, 2.05) is 12.1 Å². The van der Waals surface area contributed by atoms with E-state index in [0.717, 1.165) is 5.56 Å². The number of carboxylic acids is 1. The molecular formula is C19H22N4O4. The molecule has 0 aliphatic carbocycles. The van der Waals surface area contributed by atoms with Crippen molar-refractivity contribution >= 4 is 29.2 Å². The van der Waals surface area contributed by atoms with Crippen LogP contribution in [0.2, 0.25) is 0 Å². The van der Waals surface area contributed by atoms with Gasteiger partial charge in [-0.2, -0.15) is 0 Å². The Balaban J connectivity index is 1.80. The van der Waals surface area contributed by atoms with Crippen molar-refractivity contribution < 1.29 is 19.5 Å². The number of aromatic nitrogens is 1. The van der Waals surface area contributed by atoms with Crippen LogP contribution in [0.15, 0.2) is 42.7 Å². The van der Waals surface area contributed by atoms with Crippen LogP contribution in [-0.4, -0.2) is 34.4 Å². The number of nitrogens with one attached hydrogen (secondary N) is 2. The van der Waals surface area contributed by atoms with E-state index >= 15 is 0 Å². The number of anilines is 2. The highest BCUT2D eigenvalue weighted by Crippen LogP contribution is 2.15. The highest BCUT2D eigenvalue weighted by atomic mass is 16.4. The highest BCUT2D eigenvalue weighted by molar-refractivity contribution is 6.00. The number of nitrogens with zero attached hydrogens (tertiary/aromatic N) is 1. The molecule has 2 amide bonds. The van der Waals surface area contributed by atoms with E-state index in [-0.39, 0.29) is 35.9 Å². The molecule has 1 aromatic carbocycles. The Morgan fingerprint density at radius 3 is 2.37 bits per heavy atom. The first-order chi connectivity index (χ1) is 13.0. The van der Waals surface area contributed by atoms with Crippen molar-refractivity contribution in [1.82, 2.24) is 4.98 Å². The molecule has 27 heavy (non-hydrogen) atoms. The molecule has 0 unspecified atom stereocenters. The summed E-state index contributed by atoms with van der Waals surface area (Å²) in [6.07, 6.45) is 4.50. The molecule has 0 radical (unpaired) electrons. The third kappa shape index (κ3) is 6.52. The molecule has 0 saturated carbocycles. The second-order valence-corrected chi connectivity index (χ2v) is 5.91. The topological polar surface area (TPSA) is 134 Å². The molecule has 1 aromatic heterocycles. The summed E-state index contributed by atoms with van der Waals surface area (Å²) >= 11 is 0. The fraction of sp³-hybridized carbons (Fsp3) is 0.263. The molecular weight excluding hydrogens is 348 g/mol. The van der Waals surface area contributed by atoms with Gasteiger partial charge in [0.2, 0.25) is 11.8 Å². The standard InChI is InChI=1S/C19H22N4O4/c20-10-8-18(25)22-14-6-4-13(5-7-14)2-1-3-17(24)23-16-12-21-11-9-15(16)19(26)27/h4-7,9,11-12H,1-3,8,10,20H2,(H,22,25)(H,23,24)(H,26,27). The first-order valence-electron chi connectivity index (χ1n) is 8.55. The maximum Gasteiger partial charge on any atom is 0.337 e. The molecule has 8 nitrogen and oxygen atoms in total. The number of hydrogen-bond donors (Lipinski definition) is 4. The van der Waals surface area contributed by atoms with Gasteiger partial charge in [-0.25, -0.2) is 4.79 Å². The molecule has 0 atom stereocenters. The van der Waals surface area contributed by atoms with Gasteiger partial charge >= 0.3 is 5.97 Å². The van der Waals surface area contributed by atoms with Crippen LogP contribution in [0.5, 0.6) is 0 Å². The van der Waals surface area contributed by atoms with Crippen LogP contribution < -0.4 is 16.4 Å². The van der Waals surface area contributed by atoms with Crippen molar-refractivity contribution in [3.05, 3.63) is 53.9 Å². The van der Waals surface area contributed by atoms with Crippen LogP contribution in [-0.2, 0) is 16.0 Å². The summed E-state index contributed by atoms with van der Waals surface area (Å²) in [5, 5.41) is 14.4. The first-order valence-corrected chi connectivity index (χ1v) is 8.55. The van der Waals surface area contributed by atoms with Gasteiger partial charge in [0.05, 0.1) is 17.4 Å². The minimum Gasteiger partial charge on any atom is -0.478 e. The monoisotopic (exact) mass is 370 g/mol. The summed E-state index contributed by atoms with van der Waals surface area (Å²) in [6.45, 7) is 0.305. The normalized spacial score (nSPS) is 10.3. The second kappa shape index (κ2) is 10.0. The molecule has 2 rings (SSSR count). The van der Waals surface area contributed by atoms with Gasteiger partial charge < -0.3 is 21.5 Å². The number of carboxylic acid groups (broad SMARTS) is 1. The van der Waals surface area contributed by atoms with E-state index < -0.39 is 5.97 Å². The zero-order valence-corrected chi connectivity index (χ0v) is 14.8. The number of amides is 2. The molecule has 0 spiro atoms. The molecule has 2 aromatic rings. The number of aromatic carboxylic acids is 1. The van der Waals surface area contributed by atoms with Gasteiger partial charge in [0.1, 0.15) is 0 Å². The molecule has 0 aliphatic heterocycles. The Morgan fingerprint density at radius 2 is 1.70 bits per heavy atom. The van der Waals surface area contributed by atoms with Crippen molar-refractivity contribution in [1.29, 1.82) is 0 Å². The molecule has 142 valence electrons. The fourth-order valence-electron chi connectivity index (χ4n) is 2.46. The lowest BCUT2D eigenvalue weighted by molar-refractivity contribution is -0.117. The molecule has 5 N–H and O–H groups in total. The van der Waals surface area contributed by atoms with Crippen LogP contribution in [0.4, 0.5) is 11.4 Å². The minimum absolute atomic E-state index is 0.00521. The summed E-state index contributed by atoms with van der Waals surface area (Å²) in [5.41, 5.74) is 7.26. The summed E-state index contributed by atoms with van der Waals surface area (Å²) in [5.74, 6) is -1.51. The van der Waals surface area contributed by atoms with Crippen molar-refractivity contribution in [3.63, 3.8) is 0 Å². The van der Waals surface area contributed by atoms with Gasteiger partial charge in [0.25, 0.3) is 0 Å². The Hall–Kier alpha value is -3.26. The lowest BCUT2D eigenvalue weighted by Gasteiger charge is -2.08. The van der Waals surface area contributed by atoms with Gasteiger partial charge in [-0.1, -0.05) is 12.1 Å². The van der Waals surface area contributed by atoms with Crippen LogP contribution in [0, 0.1) is 0 Å². The predicted octanol–water partition coefficient (Wildman–Crippen LogP) is 2.03. The lowest BCUT2D eigenvalue weighted by atomic mass is 10.1. The second-order valence-electron chi connectivity index (χ2n) is 5.91. The van der Waals surface area contributed by atoms with E-state index in [9.17, 15) is 14.4 Å². The van der Waals surface area contributed by atoms with Crippen molar-refractivity contribution in [2.75, 3.05) is 17.2 Å². The quantitative estimate of drug-likeness (QED) is 0.533. The van der Waals surface area contributed by atoms with Gasteiger partial charge in [0.15, 0.2) is 0 Å². The number of nitrogens with two attached hydrogens (primary N) is 1. The molecule has 0 fully saturated rings. The Kier molecular flexibility index (Phi) is 7.45. The van der Waals surface area contributed by atoms with Crippen molar-refractivity contribution in [3.8, 4) is 0 Å². The van der Waals surface area contributed by atoms with Gasteiger partial charge in [-0.05, 0) is 36.6 Å². The molecule has 0 bridgehead atoms. The number of benzene rings is 1. The van der Waals surface area contributed by atoms with Gasteiger partial charge in [-0.3, -0.25) is 14.6 Å². The molecule has 1 heterocycles. The van der Waals surface area contributed by atoms with E-state index in [4.69, 9.17) is 10.8 Å². The fourth-order valence-corrected chi connectivity index (χ4v) is 2.46. The number of rotatable bonds is 9. The predicted molar refractivity (Wildman–Crippen MR) is 102 cm³/mol. The Labute approximate surface area is 156 Å². The van der Waals surface area contributed by atoms with Crippen LogP contribution in [0.1, 0.15) is 35.2 Å². The van der Waals surface area contributed by atoms with Crippen LogP contribution >= 0.6 is 0 Å². The summed E-state index contributed by atoms with van der Waals surface area (Å²) in [7, 11) is 0. The molecule has 8 heteroatoms. The largest absolute Gasteiger partial charge is 0.478 e. The van der Waals surface area contributed by atoms with Crippen LogP contribution in [0.3, 0.4) is 0 Å². The third-order valence-corrected chi connectivity index (χ3v) is 3.80. The van der Waals surface area contributed by atoms with E-state index in [2.05, 4.69) is 15.6 Å². The maximum atomic E-state index is 12.0. The van der Waals surface area contributed by atoms with E-state index in [1.165, 1.54) is 18.5 Å². The molecule has 0 saturated heterocycles. The smallest absolute Gasteiger partial charge is 0.337 e. The zero-order valence-electron chi connectivity index (χ0n) is 14.8. The minimum atomic E-state index is -1.12. The van der Waals surface area contributed by atoms with Crippen molar-refractivity contribution in [2.24, 2.45) is 5.73 Å². The van der Waals surface area contributed by atoms with Gasteiger partial charge in [0, 0.05) is 31.3 Å². The number of hydrogen-bond acceptors (Lipinski definition) is 5. The zero-order chi connectivity index (χ0) is 19.6. The van der Waals surface area contributed by atoms with Gasteiger partial charge in [-0.15, -0.1) is 0 Å².